The zero-order chi connectivity index (χ0) is 13.5. The van der Waals surface area contributed by atoms with Crippen LogP contribution in [0.3, 0.4) is 0 Å². The molecular weight excluding hydrogens is 298 g/mol. The summed E-state index contributed by atoms with van der Waals surface area (Å²) < 4.78 is 6.42. The third-order valence-corrected chi connectivity index (χ3v) is 2.88. The highest BCUT2D eigenvalue weighted by Crippen LogP contribution is 2.28. The van der Waals surface area contributed by atoms with Gasteiger partial charge in [-0.2, -0.15) is 0 Å². The van der Waals surface area contributed by atoms with Crippen LogP contribution in [0.2, 0.25) is 0 Å². The Morgan fingerprint density at radius 2 is 2.28 bits per heavy atom. The molecule has 0 bridgehead atoms. The molecule has 5 heteroatoms. The first kappa shape index (κ1) is 15.0. The number of rotatable bonds is 6. The van der Waals surface area contributed by atoms with Gasteiger partial charge in [0.25, 0.3) is 0 Å². The summed E-state index contributed by atoms with van der Waals surface area (Å²) in [6, 6.07) is 5.44. The summed E-state index contributed by atoms with van der Waals surface area (Å²) in [4.78, 5) is 11.3. The second-order valence-electron chi connectivity index (χ2n) is 3.91. The van der Waals surface area contributed by atoms with E-state index in [9.17, 15) is 9.90 Å². The predicted molar refractivity (Wildman–Crippen MR) is 73.6 cm³/mol. The first-order chi connectivity index (χ1) is 8.54. The quantitative estimate of drug-likeness (QED) is 0.847. The number of aliphatic hydroxyl groups is 1. The summed E-state index contributed by atoms with van der Waals surface area (Å²) >= 11 is 3.35. The number of ether oxygens (including phenoxy) is 1. The van der Waals surface area contributed by atoms with Crippen molar-refractivity contribution in [3.63, 3.8) is 0 Å². The van der Waals surface area contributed by atoms with Gasteiger partial charge in [-0.1, -0.05) is 22.0 Å². The van der Waals surface area contributed by atoms with Crippen LogP contribution >= 0.6 is 15.9 Å². The highest BCUT2D eigenvalue weighted by atomic mass is 79.9. The van der Waals surface area contributed by atoms with Crippen LogP contribution < -0.4 is 10.1 Å². The van der Waals surface area contributed by atoms with E-state index in [1.54, 1.807) is 19.1 Å². The number of hydrogen-bond donors (Lipinski definition) is 2. The zero-order valence-corrected chi connectivity index (χ0v) is 12.2. The Morgan fingerprint density at radius 3 is 2.89 bits per heavy atom. The Kier molecular flexibility index (Phi) is 6.15. The lowest BCUT2D eigenvalue weighted by molar-refractivity contribution is -0.121. The van der Waals surface area contributed by atoms with Gasteiger partial charge in [0.1, 0.15) is 5.75 Å². The number of amides is 1. The van der Waals surface area contributed by atoms with Crippen LogP contribution in [-0.4, -0.2) is 24.2 Å². The minimum atomic E-state index is -0.599. The van der Waals surface area contributed by atoms with E-state index in [-0.39, 0.29) is 5.91 Å². The number of halogens is 1. The molecule has 0 radical (unpaired) electrons. The molecule has 0 saturated heterocycles. The first-order valence-corrected chi connectivity index (χ1v) is 6.71. The van der Waals surface area contributed by atoms with Crippen molar-refractivity contribution in [2.45, 2.75) is 26.4 Å². The topological polar surface area (TPSA) is 58.6 Å². The van der Waals surface area contributed by atoms with E-state index in [2.05, 4.69) is 21.2 Å². The average molecular weight is 316 g/mol. The van der Waals surface area contributed by atoms with E-state index in [1.807, 2.05) is 13.0 Å². The van der Waals surface area contributed by atoms with Crippen LogP contribution in [0, 0.1) is 0 Å². The summed E-state index contributed by atoms with van der Waals surface area (Å²) in [5.74, 6) is 0.565. The second kappa shape index (κ2) is 7.38. The Labute approximate surface area is 115 Å². The predicted octanol–water partition coefficient (Wildman–Crippen LogP) is 2.41. The van der Waals surface area contributed by atoms with E-state index in [1.165, 1.54) is 0 Å². The van der Waals surface area contributed by atoms with Gasteiger partial charge < -0.3 is 15.2 Å². The minimum absolute atomic E-state index is 0.0360. The van der Waals surface area contributed by atoms with Crippen LogP contribution in [0.25, 0.3) is 0 Å². The SMILES string of the molecule is CCNC(=O)CCOc1cc(Br)ccc1[C@H](C)O. The maximum absolute atomic E-state index is 11.3. The van der Waals surface area contributed by atoms with Gasteiger partial charge in [0.2, 0.25) is 5.91 Å². The van der Waals surface area contributed by atoms with Crippen LogP contribution in [0.15, 0.2) is 22.7 Å². The van der Waals surface area contributed by atoms with Crippen molar-refractivity contribution in [2.75, 3.05) is 13.2 Å². The molecule has 0 fully saturated rings. The normalized spacial score (nSPS) is 12.0. The summed E-state index contributed by atoms with van der Waals surface area (Å²) in [7, 11) is 0. The van der Waals surface area contributed by atoms with E-state index in [0.29, 0.717) is 30.9 Å². The van der Waals surface area contributed by atoms with Crippen molar-refractivity contribution >= 4 is 21.8 Å². The molecule has 0 unspecified atom stereocenters. The Balaban J connectivity index is 2.60. The van der Waals surface area contributed by atoms with Crippen LogP contribution in [0.1, 0.15) is 31.9 Å². The monoisotopic (exact) mass is 315 g/mol. The van der Waals surface area contributed by atoms with E-state index >= 15 is 0 Å². The molecule has 4 nitrogen and oxygen atoms in total. The standard InChI is InChI=1S/C13H18BrNO3/c1-3-15-13(17)6-7-18-12-8-10(14)4-5-11(12)9(2)16/h4-5,8-9,16H,3,6-7H2,1-2H3,(H,15,17)/t9-/m0/s1. The summed E-state index contributed by atoms with van der Waals surface area (Å²) in [6.45, 7) is 4.47. The molecule has 0 aliphatic heterocycles. The molecule has 1 aromatic carbocycles. The maximum Gasteiger partial charge on any atom is 0.223 e. The van der Waals surface area contributed by atoms with Crippen molar-refractivity contribution in [1.82, 2.24) is 5.32 Å². The number of benzene rings is 1. The van der Waals surface area contributed by atoms with Crippen molar-refractivity contribution in [2.24, 2.45) is 0 Å². The maximum atomic E-state index is 11.3. The molecule has 100 valence electrons. The number of carbonyl (C=O) groups is 1. The van der Waals surface area contributed by atoms with Gasteiger partial charge in [-0.25, -0.2) is 0 Å². The number of carbonyl (C=O) groups excluding carboxylic acids is 1. The summed E-state index contributed by atoms with van der Waals surface area (Å²) in [5, 5.41) is 12.3. The lowest BCUT2D eigenvalue weighted by Crippen LogP contribution is -2.24. The molecule has 0 saturated carbocycles. The van der Waals surface area contributed by atoms with Gasteiger partial charge in [0.05, 0.1) is 19.1 Å². The molecule has 0 heterocycles. The first-order valence-electron chi connectivity index (χ1n) is 5.91. The van der Waals surface area contributed by atoms with Crippen molar-refractivity contribution in [1.29, 1.82) is 0 Å². The molecule has 0 spiro atoms. The van der Waals surface area contributed by atoms with Crippen molar-refractivity contribution in [3.8, 4) is 5.75 Å². The van der Waals surface area contributed by atoms with Gasteiger partial charge in [-0.15, -0.1) is 0 Å². The highest BCUT2D eigenvalue weighted by Gasteiger charge is 2.10. The van der Waals surface area contributed by atoms with E-state index < -0.39 is 6.10 Å². The van der Waals surface area contributed by atoms with Gasteiger partial charge in [-0.3, -0.25) is 4.79 Å². The molecule has 1 aromatic rings. The van der Waals surface area contributed by atoms with Gasteiger partial charge >= 0.3 is 0 Å². The summed E-state index contributed by atoms with van der Waals surface area (Å²) in [5.41, 5.74) is 0.717. The number of hydrogen-bond acceptors (Lipinski definition) is 3. The molecule has 1 rings (SSSR count). The molecule has 0 aliphatic carbocycles. The minimum Gasteiger partial charge on any atom is -0.493 e. The van der Waals surface area contributed by atoms with Gasteiger partial charge in [0, 0.05) is 16.6 Å². The molecule has 0 aliphatic rings. The van der Waals surface area contributed by atoms with Gasteiger partial charge in [0.15, 0.2) is 0 Å². The molecule has 1 atom stereocenters. The fraction of sp³-hybridized carbons (Fsp3) is 0.462. The van der Waals surface area contributed by atoms with Crippen molar-refractivity contribution in [3.05, 3.63) is 28.2 Å². The number of nitrogens with one attached hydrogen (secondary N) is 1. The lowest BCUT2D eigenvalue weighted by Gasteiger charge is -2.13. The van der Waals surface area contributed by atoms with Crippen LogP contribution in [0.5, 0.6) is 5.75 Å². The fourth-order valence-electron chi connectivity index (χ4n) is 1.52. The fourth-order valence-corrected chi connectivity index (χ4v) is 1.86. The molecule has 2 N–H and O–H groups in total. The molecule has 1 amide bonds. The number of aliphatic hydroxyl groups excluding tert-OH is 1. The van der Waals surface area contributed by atoms with E-state index in [4.69, 9.17) is 4.74 Å². The lowest BCUT2D eigenvalue weighted by atomic mass is 10.1. The average Bonchev–Trinajstić information content (AvgIpc) is 2.29. The third-order valence-electron chi connectivity index (χ3n) is 2.39. The largest absolute Gasteiger partial charge is 0.493 e. The Hall–Kier alpha value is -1.07. The van der Waals surface area contributed by atoms with Crippen LogP contribution in [-0.2, 0) is 4.79 Å². The third kappa shape index (κ3) is 4.66. The Morgan fingerprint density at radius 1 is 1.56 bits per heavy atom. The Bertz CT molecular complexity index is 407. The molecular formula is C13H18BrNO3. The van der Waals surface area contributed by atoms with Crippen molar-refractivity contribution < 1.29 is 14.6 Å². The summed E-state index contributed by atoms with van der Waals surface area (Å²) in [6.07, 6.45) is -0.294. The van der Waals surface area contributed by atoms with E-state index in [0.717, 1.165) is 4.47 Å². The molecule has 0 aromatic heterocycles. The van der Waals surface area contributed by atoms with Crippen LogP contribution in [0.4, 0.5) is 0 Å². The zero-order valence-electron chi connectivity index (χ0n) is 10.6. The highest BCUT2D eigenvalue weighted by molar-refractivity contribution is 9.10. The second-order valence-corrected chi connectivity index (χ2v) is 4.83. The smallest absolute Gasteiger partial charge is 0.223 e. The van der Waals surface area contributed by atoms with Gasteiger partial charge in [-0.05, 0) is 26.0 Å². The molecule has 18 heavy (non-hydrogen) atoms.